The average molecular weight is 281 g/mol. The average Bonchev–Trinajstić information content (AvgIpc) is 3.03. The zero-order valence-electron chi connectivity index (χ0n) is 11.9. The molecule has 1 aromatic heterocycles. The highest BCUT2D eigenvalue weighted by Crippen LogP contribution is 2.48. The summed E-state index contributed by atoms with van der Waals surface area (Å²) in [6.45, 7) is 0. The number of phenolic OH excluding ortho intramolecular Hbond substituents is 1. The van der Waals surface area contributed by atoms with Crippen molar-refractivity contribution in [3.05, 3.63) is 41.5 Å². The zero-order valence-corrected chi connectivity index (χ0v) is 11.9. The fraction of sp³-hybridized carbons (Fsp3) is 0.176. The van der Waals surface area contributed by atoms with Gasteiger partial charge in [0.05, 0.1) is 19.9 Å². The van der Waals surface area contributed by atoms with Gasteiger partial charge in [0, 0.05) is 28.5 Å². The molecule has 4 nitrogen and oxygen atoms in total. The molecule has 0 radical (unpaired) electrons. The maximum atomic E-state index is 9.74. The van der Waals surface area contributed by atoms with E-state index in [0.29, 0.717) is 0 Å². The summed E-state index contributed by atoms with van der Waals surface area (Å²) in [5, 5.41) is 10.8. The SMILES string of the molecule is COc1ccc(OC)c2c1Cc1c-2[nH]c2ccc(O)cc12. The second-order valence-corrected chi connectivity index (χ2v) is 5.21. The number of ether oxygens (including phenoxy) is 2. The van der Waals surface area contributed by atoms with Gasteiger partial charge in [-0.25, -0.2) is 0 Å². The minimum atomic E-state index is 0.277. The van der Waals surface area contributed by atoms with E-state index in [2.05, 4.69) is 4.98 Å². The van der Waals surface area contributed by atoms with Crippen molar-refractivity contribution in [1.29, 1.82) is 0 Å². The Morgan fingerprint density at radius 1 is 1.00 bits per heavy atom. The number of hydrogen-bond donors (Lipinski definition) is 2. The topological polar surface area (TPSA) is 54.5 Å². The van der Waals surface area contributed by atoms with E-state index in [1.807, 2.05) is 18.2 Å². The lowest BCUT2D eigenvalue weighted by Gasteiger charge is -2.11. The van der Waals surface area contributed by atoms with Gasteiger partial charge in [-0.3, -0.25) is 0 Å². The first-order chi connectivity index (χ1) is 10.2. The first kappa shape index (κ1) is 12.1. The van der Waals surface area contributed by atoms with E-state index in [-0.39, 0.29) is 5.75 Å². The van der Waals surface area contributed by atoms with Crippen molar-refractivity contribution >= 4 is 10.9 Å². The number of rotatable bonds is 2. The molecule has 21 heavy (non-hydrogen) atoms. The molecule has 0 amide bonds. The molecule has 3 aromatic rings. The number of aromatic amines is 1. The summed E-state index contributed by atoms with van der Waals surface area (Å²) in [6, 6.07) is 9.25. The molecule has 2 N–H and O–H groups in total. The first-order valence-electron chi connectivity index (χ1n) is 6.80. The molecule has 2 aromatic carbocycles. The van der Waals surface area contributed by atoms with Gasteiger partial charge in [0.15, 0.2) is 0 Å². The van der Waals surface area contributed by atoms with Gasteiger partial charge in [-0.05, 0) is 35.9 Å². The highest BCUT2D eigenvalue weighted by Gasteiger charge is 2.29. The lowest BCUT2D eigenvalue weighted by Crippen LogP contribution is -1.94. The Labute approximate surface area is 121 Å². The van der Waals surface area contributed by atoms with Crippen LogP contribution < -0.4 is 9.47 Å². The van der Waals surface area contributed by atoms with Gasteiger partial charge >= 0.3 is 0 Å². The maximum Gasteiger partial charge on any atom is 0.128 e. The van der Waals surface area contributed by atoms with E-state index in [4.69, 9.17) is 9.47 Å². The minimum absolute atomic E-state index is 0.277. The van der Waals surface area contributed by atoms with Crippen molar-refractivity contribution in [3.63, 3.8) is 0 Å². The molecule has 0 saturated heterocycles. The molecule has 1 heterocycles. The van der Waals surface area contributed by atoms with E-state index in [1.54, 1.807) is 26.4 Å². The Morgan fingerprint density at radius 3 is 2.52 bits per heavy atom. The van der Waals surface area contributed by atoms with E-state index in [0.717, 1.165) is 45.6 Å². The van der Waals surface area contributed by atoms with Crippen LogP contribution in [0.25, 0.3) is 22.2 Å². The molecule has 0 atom stereocenters. The first-order valence-corrected chi connectivity index (χ1v) is 6.80. The van der Waals surface area contributed by atoms with Gasteiger partial charge < -0.3 is 19.6 Å². The van der Waals surface area contributed by atoms with Crippen LogP contribution in [-0.4, -0.2) is 24.3 Å². The minimum Gasteiger partial charge on any atom is -0.508 e. The number of nitrogens with one attached hydrogen (secondary N) is 1. The van der Waals surface area contributed by atoms with Crippen LogP contribution in [0, 0.1) is 0 Å². The molecule has 0 unspecified atom stereocenters. The monoisotopic (exact) mass is 281 g/mol. The van der Waals surface area contributed by atoms with Crippen LogP contribution >= 0.6 is 0 Å². The van der Waals surface area contributed by atoms with Gasteiger partial charge in [-0.2, -0.15) is 0 Å². The molecule has 1 aliphatic rings. The van der Waals surface area contributed by atoms with Gasteiger partial charge in [0.25, 0.3) is 0 Å². The molecule has 106 valence electrons. The summed E-state index contributed by atoms with van der Waals surface area (Å²) in [4.78, 5) is 3.44. The van der Waals surface area contributed by atoms with Crippen LogP contribution in [0.5, 0.6) is 17.2 Å². The summed E-state index contributed by atoms with van der Waals surface area (Å²) in [5.74, 6) is 1.98. The predicted molar refractivity (Wildman–Crippen MR) is 81.3 cm³/mol. The third-order valence-electron chi connectivity index (χ3n) is 4.16. The van der Waals surface area contributed by atoms with Crippen molar-refractivity contribution in [2.24, 2.45) is 0 Å². The Morgan fingerprint density at radius 2 is 1.76 bits per heavy atom. The lowest BCUT2D eigenvalue weighted by molar-refractivity contribution is 0.401. The van der Waals surface area contributed by atoms with Gasteiger partial charge in [0.2, 0.25) is 0 Å². The van der Waals surface area contributed by atoms with Crippen LogP contribution in [0.2, 0.25) is 0 Å². The van der Waals surface area contributed by atoms with Gasteiger partial charge in [-0.1, -0.05) is 0 Å². The number of phenols is 1. The van der Waals surface area contributed by atoms with Gasteiger partial charge in [0.1, 0.15) is 17.2 Å². The number of aromatic hydroxyl groups is 1. The molecular formula is C17H15NO3. The Hall–Kier alpha value is -2.62. The second-order valence-electron chi connectivity index (χ2n) is 5.21. The summed E-state index contributed by atoms with van der Waals surface area (Å²) in [5.41, 5.74) is 5.44. The Bertz CT molecular complexity index is 864. The Balaban J connectivity index is 2.05. The standard InChI is InChI=1S/C17H15NO3/c1-20-14-5-6-15(21-2)16-12(14)8-11-10-7-9(19)3-4-13(10)18-17(11)16/h3-7,18-19H,8H2,1-2H3. The summed E-state index contributed by atoms with van der Waals surface area (Å²) in [6.07, 6.45) is 0.772. The van der Waals surface area contributed by atoms with E-state index >= 15 is 0 Å². The van der Waals surface area contributed by atoms with Crippen LogP contribution in [0.15, 0.2) is 30.3 Å². The van der Waals surface area contributed by atoms with Crippen LogP contribution in [0.4, 0.5) is 0 Å². The second kappa shape index (κ2) is 4.19. The van der Waals surface area contributed by atoms with E-state index in [1.165, 1.54) is 5.56 Å². The van der Waals surface area contributed by atoms with Crippen molar-refractivity contribution in [3.8, 4) is 28.5 Å². The van der Waals surface area contributed by atoms with E-state index in [9.17, 15) is 5.11 Å². The summed E-state index contributed by atoms with van der Waals surface area (Å²) in [7, 11) is 3.35. The maximum absolute atomic E-state index is 9.74. The van der Waals surface area contributed by atoms with Crippen LogP contribution in [0.3, 0.4) is 0 Å². The smallest absolute Gasteiger partial charge is 0.128 e. The highest BCUT2D eigenvalue weighted by molar-refractivity contribution is 5.97. The van der Waals surface area contributed by atoms with Crippen LogP contribution in [-0.2, 0) is 6.42 Å². The van der Waals surface area contributed by atoms with Crippen molar-refractivity contribution < 1.29 is 14.6 Å². The molecule has 1 aliphatic carbocycles. The molecule has 0 saturated carbocycles. The number of H-pyrrole nitrogens is 1. The number of benzene rings is 2. The molecule has 0 aliphatic heterocycles. The largest absolute Gasteiger partial charge is 0.508 e. The molecule has 0 bridgehead atoms. The molecule has 4 heteroatoms. The van der Waals surface area contributed by atoms with Crippen molar-refractivity contribution in [2.45, 2.75) is 6.42 Å². The van der Waals surface area contributed by atoms with E-state index < -0.39 is 0 Å². The summed E-state index contributed by atoms with van der Waals surface area (Å²) < 4.78 is 11.0. The van der Waals surface area contributed by atoms with Crippen LogP contribution in [0.1, 0.15) is 11.1 Å². The quantitative estimate of drug-likeness (QED) is 0.591. The molecule has 0 fully saturated rings. The normalized spacial score (nSPS) is 12.3. The fourth-order valence-corrected chi connectivity index (χ4v) is 3.23. The molecular weight excluding hydrogens is 266 g/mol. The number of methoxy groups -OCH3 is 2. The van der Waals surface area contributed by atoms with Crippen molar-refractivity contribution in [2.75, 3.05) is 14.2 Å². The predicted octanol–water partition coefficient (Wildman–Crippen LogP) is 3.46. The Kier molecular flexibility index (Phi) is 2.42. The third-order valence-corrected chi connectivity index (χ3v) is 4.16. The van der Waals surface area contributed by atoms with Crippen molar-refractivity contribution in [1.82, 2.24) is 4.98 Å². The third kappa shape index (κ3) is 1.56. The summed E-state index contributed by atoms with van der Waals surface area (Å²) >= 11 is 0. The lowest BCUT2D eigenvalue weighted by atomic mass is 10.1. The fourth-order valence-electron chi connectivity index (χ4n) is 3.23. The van der Waals surface area contributed by atoms with Gasteiger partial charge in [-0.15, -0.1) is 0 Å². The zero-order chi connectivity index (χ0) is 14.6. The molecule has 4 rings (SSSR count). The number of hydrogen-bond acceptors (Lipinski definition) is 3. The molecule has 0 spiro atoms. The number of aromatic nitrogens is 1. The number of fused-ring (bicyclic) bond motifs is 5. The highest BCUT2D eigenvalue weighted by atomic mass is 16.5.